The second-order valence-corrected chi connectivity index (χ2v) is 5.99. The molecule has 1 unspecified atom stereocenters. The summed E-state index contributed by atoms with van der Waals surface area (Å²) in [5.74, 6) is -3.45. The Bertz CT molecular complexity index is 918. The molecule has 1 heterocycles. The van der Waals surface area contributed by atoms with E-state index in [1.807, 2.05) is 0 Å². The molecule has 3 rings (SSSR count). The number of imide groups is 1. The molecule has 0 bridgehead atoms. The Hall–Kier alpha value is -3.54. The second kappa shape index (κ2) is 7.78. The highest BCUT2D eigenvalue weighted by Crippen LogP contribution is 2.27. The molecule has 136 valence electrons. The Kier molecular flexibility index (Phi) is 5.26. The summed E-state index contributed by atoms with van der Waals surface area (Å²) in [4.78, 5) is 50.9. The van der Waals surface area contributed by atoms with Gasteiger partial charge in [0.15, 0.2) is 5.78 Å². The number of esters is 1. The Morgan fingerprint density at radius 3 is 2.15 bits per heavy atom. The smallest absolute Gasteiger partial charge is 0.316 e. The molecule has 0 aliphatic carbocycles. The number of amides is 2. The number of para-hydroxylation sites is 1. The Balaban J connectivity index is 1.85. The molecule has 2 aromatic rings. The Morgan fingerprint density at radius 2 is 1.56 bits per heavy atom. The number of benzene rings is 2. The summed E-state index contributed by atoms with van der Waals surface area (Å²) in [6.07, 6.45) is 0.970. The number of nitrogens with zero attached hydrogens (tertiary/aromatic N) is 1. The number of anilines is 1. The number of hydrogen-bond donors (Lipinski definition) is 0. The lowest BCUT2D eigenvalue weighted by molar-refractivity contribution is -0.143. The highest BCUT2D eigenvalue weighted by atomic mass is 16.5. The van der Waals surface area contributed by atoms with E-state index in [1.165, 1.54) is 13.2 Å². The van der Waals surface area contributed by atoms with Crippen molar-refractivity contribution in [2.75, 3.05) is 12.0 Å². The molecule has 0 saturated heterocycles. The number of hydrogen-bond acceptors (Lipinski definition) is 5. The van der Waals surface area contributed by atoms with Crippen LogP contribution >= 0.6 is 0 Å². The molecule has 0 fully saturated rings. The fourth-order valence-corrected chi connectivity index (χ4v) is 2.94. The van der Waals surface area contributed by atoms with Crippen LogP contribution < -0.4 is 4.90 Å². The van der Waals surface area contributed by atoms with Crippen LogP contribution in [0.5, 0.6) is 0 Å². The summed E-state index contributed by atoms with van der Waals surface area (Å²) in [6, 6.07) is 16.8. The van der Waals surface area contributed by atoms with Crippen LogP contribution in [0.1, 0.15) is 16.8 Å². The van der Waals surface area contributed by atoms with Crippen molar-refractivity contribution in [3.8, 4) is 0 Å². The fourth-order valence-electron chi connectivity index (χ4n) is 2.94. The number of Topliss-reactive ketones (excluding diaryl/α,β-unsaturated/α-hetero) is 1. The number of ether oxygens (including phenoxy) is 1. The lowest BCUT2D eigenvalue weighted by atomic mass is 9.91. The van der Waals surface area contributed by atoms with Gasteiger partial charge in [-0.15, -0.1) is 0 Å². The van der Waals surface area contributed by atoms with E-state index in [-0.39, 0.29) is 12.0 Å². The van der Waals surface area contributed by atoms with Crippen molar-refractivity contribution in [1.29, 1.82) is 0 Å². The van der Waals surface area contributed by atoms with Gasteiger partial charge in [0.2, 0.25) is 0 Å². The lowest BCUT2D eigenvalue weighted by Crippen LogP contribution is -2.32. The molecule has 1 aliphatic rings. The van der Waals surface area contributed by atoms with E-state index in [0.29, 0.717) is 11.3 Å². The first-order valence-electron chi connectivity index (χ1n) is 8.34. The van der Waals surface area contributed by atoms with E-state index in [0.717, 1.165) is 4.90 Å². The van der Waals surface area contributed by atoms with Crippen LogP contribution in [0.3, 0.4) is 0 Å². The minimum atomic E-state index is -1.20. The fraction of sp³-hybridized carbons (Fsp3) is 0.143. The van der Waals surface area contributed by atoms with Crippen molar-refractivity contribution in [1.82, 2.24) is 0 Å². The van der Waals surface area contributed by atoms with Gasteiger partial charge in [-0.1, -0.05) is 48.5 Å². The Morgan fingerprint density at radius 1 is 0.963 bits per heavy atom. The summed E-state index contributed by atoms with van der Waals surface area (Å²) in [7, 11) is 1.18. The molecular formula is C21H17NO5. The van der Waals surface area contributed by atoms with Crippen molar-refractivity contribution >= 4 is 29.3 Å². The van der Waals surface area contributed by atoms with Crippen molar-refractivity contribution in [3.05, 3.63) is 77.9 Å². The summed E-state index contributed by atoms with van der Waals surface area (Å²) in [5, 5.41) is 0. The van der Waals surface area contributed by atoms with E-state index in [4.69, 9.17) is 4.74 Å². The molecular weight excluding hydrogens is 346 g/mol. The third kappa shape index (κ3) is 3.69. The van der Waals surface area contributed by atoms with Crippen molar-refractivity contribution in [3.63, 3.8) is 0 Å². The predicted molar refractivity (Wildman–Crippen MR) is 97.9 cm³/mol. The number of rotatable bonds is 6. The van der Waals surface area contributed by atoms with Gasteiger partial charge in [0.05, 0.1) is 12.8 Å². The zero-order chi connectivity index (χ0) is 19.4. The third-order valence-electron chi connectivity index (χ3n) is 4.29. The second-order valence-electron chi connectivity index (χ2n) is 5.99. The standard InChI is InChI=1S/C21H17NO5/c1-27-21(26)17(19(24)14-8-4-2-5-9-14)12-15-13-18(23)22(20(15)25)16-10-6-3-7-11-16/h2-11,13,17H,12H2,1H3. The van der Waals surface area contributed by atoms with Crippen LogP contribution in [0.4, 0.5) is 5.69 Å². The highest BCUT2D eigenvalue weighted by molar-refractivity contribution is 6.30. The monoisotopic (exact) mass is 363 g/mol. The highest BCUT2D eigenvalue weighted by Gasteiger charge is 2.37. The van der Waals surface area contributed by atoms with Crippen LogP contribution in [-0.2, 0) is 19.1 Å². The first kappa shape index (κ1) is 18.3. The van der Waals surface area contributed by atoms with Crippen LogP contribution in [0.25, 0.3) is 0 Å². The topological polar surface area (TPSA) is 80.8 Å². The molecule has 0 saturated carbocycles. The zero-order valence-electron chi connectivity index (χ0n) is 14.6. The van der Waals surface area contributed by atoms with Gasteiger partial charge in [-0.25, -0.2) is 4.90 Å². The summed E-state index contributed by atoms with van der Waals surface area (Å²) < 4.78 is 4.74. The van der Waals surface area contributed by atoms with Gasteiger partial charge in [-0.2, -0.15) is 0 Å². The molecule has 2 amide bonds. The zero-order valence-corrected chi connectivity index (χ0v) is 14.6. The normalized spacial score (nSPS) is 14.7. The number of carbonyl (C=O) groups excluding carboxylic acids is 4. The van der Waals surface area contributed by atoms with Crippen LogP contribution in [0.15, 0.2) is 72.3 Å². The average Bonchev–Trinajstić information content (AvgIpc) is 2.99. The van der Waals surface area contributed by atoms with Gasteiger partial charge in [0.25, 0.3) is 11.8 Å². The molecule has 0 radical (unpaired) electrons. The molecule has 6 heteroatoms. The number of methoxy groups -OCH3 is 1. The molecule has 1 atom stereocenters. The first-order valence-corrected chi connectivity index (χ1v) is 8.34. The molecule has 0 N–H and O–H groups in total. The SMILES string of the molecule is COC(=O)C(CC1=CC(=O)N(c2ccccc2)C1=O)C(=O)c1ccccc1. The maximum Gasteiger partial charge on any atom is 0.316 e. The van der Waals surface area contributed by atoms with Crippen molar-refractivity contribution in [2.24, 2.45) is 5.92 Å². The molecule has 27 heavy (non-hydrogen) atoms. The number of carbonyl (C=O) groups is 4. The lowest BCUT2D eigenvalue weighted by Gasteiger charge is -2.17. The third-order valence-corrected chi connectivity index (χ3v) is 4.29. The van der Waals surface area contributed by atoms with E-state index >= 15 is 0 Å². The van der Waals surface area contributed by atoms with Crippen molar-refractivity contribution in [2.45, 2.75) is 6.42 Å². The molecule has 0 aromatic heterocycles. The van der Waals surface area contributed by atoms with Crippen LogP contribution in [0.2, 0.25) is 0 Å². The average molecular weight is 363 g/mol. The van der Waals surface area contributed by atoms with Gasteiger partial charge in [0.1, 0.15) is 5.92 Å². The minimum absolute atomic E-state index is 0.100. The quantitative estimate of drug-likeness (QED) is 0.341. The van der Waals surface area contributed by atoms with Crippen molar-refractivity contribution < 1.29 is 23.9 Å². The minimum Gasteiger partial charge on any atom is -0.468 e. The van der Waals surface area contributed by atoms with Gasteiger partial charge in [-0.3, -0.25) is 19.2 Å². The molecule has 0 spiro atoms. The summed E-state index contributed by atoms with van der Waals surface area (Å²) in [5.41, 5.74) is 0.872. The summed E-state index contributed by atoms with van der Waals surface area (Å²) in [6.45, 7) is 0. The van der Waals surface area contributed by atoms with Gasteiger partial charge in [-0.05, 0) is 18.6 Å². The van der Waals surface area contributed by atoms with Crippen LogP contribution in [0, 0.1) is 5.92 Å². The van der Waals surface area contributed by atoms with Gasteiger partial charge >= 0.3 is 5.97 Å². The van der Waals surface area contributed by atoms with E-state index in [9.17, 15) is 19.2 Å². The largest absolute Gasteiger partial charge is 0.468 e. The molecule has 6 nitrogen and oxygen atoms in total. The maximum absolute atomic E-state index is 12.7. The van der Waals surface area contributed by atoms with E-state index in [1.54, 1.807) is 60.7 Å². The van der Waals surface area contributed by atoms with Gasteiger partial charge in [0, 0.05) is 17.2 Å². The maximum atomic E-state index is 12.7. The van der Waals surface area contributed by atoms with E-state index in [2.05, 4.69) is 0 Å². The molecule has 1 aliphatic heterocycles. The Labute approximate surface area is 156 Å². The van der Waals surface area contributed by atoms with E-state index < -0.39 is 29.5 Å². The number of ketones is 1. The van der Waals surface area contributed by atoms with Gasteiger partial charge < -0.3 is 4.74 Å². The first-order chi connectivity index (χ1) is 13.0. The predicted octanol–water partition coefficient (Wildman–Crippen LogP) is 2.55. The molecule has 2 aromatic carbocycles. The summed E-state index contributed by atoms with van der Waals surface area (Å²) >= 11 is 0. The van der Waals surface area contributed by atoms with Crippen LogP contribution in [-0.4, -0.2) is 30.7 Å².